The summed E-state index contributed by atoms with van der Waals surface area (Å²) in [5.41, 5.74) is 2.21. The van der Waals surface area contributed by atoms with Gasteiger partial charge in [0.05, 0.1) is 18.1 Å². The van der Waals surface area contributed by atoms with Crippen molar-refractivity contribution in [2.24, 2.45) is 0 Å². The van der Waals surface area contributed by atoms with Crippen molar-refractivity contribution < 1.29 is 9.53 Å². The Labute approximate surface area is 122 Å². The lowest BCUT2D eigenvalue weighted by atomic mass is 10.1. The van der Waals surface area contributed by atoms with E-state index in [0.29, 0.717) is 22.4 Å². The number of hydrogen-bond acceptors (Lipinski definition) is 4. The molecule has 1 aliphatic heterocycles. The molecule has 100 valence electrons. The topological polar surface area (TPSA) is 29.5 Å². The van der Waals surface area contributed by atoms with Gasteiger partial charge >= 0.3 is 0 Å². The van der Waals surface area contributed by atoms with Crippen LogP contribution in [0.4, 0.5) is 0 Å². The fourth-order valence-electron chi connectivity index (χ4n) is 1.69. The number of carbonyl (C=O) groups excluding carboxylic acids is 1. The van der Waals surface area contributed by atoms with Crippen LogP contribution in [0.15, 0.2) is 29.2 Å². The molecule has 5 heteroatoms. The number of thioether (sulfide) groups is 1. The maximum absolute atomic E-state index is 12.2. The van der Waals surface area contributed by atoms with Gasteiger partial charge in [-0.3, -0.25) is 9.69 Å². The third-order valence-electron chi connectivity index (χ3n) is 2.77. The number of thiocarbonyl (C=S) groups is 1. The number of carbonyl (C=O) groups is 1. The normalized spacial score (nSPS) is 17.6. The molecule has 2 rings (SSSR count). The Kier molecular flexibility index (Phi) is 4.74. The second kappa shape index (κ2) is 6.32. The second-order valence-electron chi connectivity index (χ2n) is 4.24. The van der Waals surface area contributed by atoms with Gasteiger partial charge in [0.25, 0.3) is 5.91 Å². The lowest BCUT2D eigenvalue weighted by Crippen LogP contribution is -2.31. The summed E-state index contributed by atoms with van der Waals surface area (Å²) in [6.07, 6.45) is 1.88. The molecule has 1 saturated heterocycles. The van der Waals surface area contributed by atoms with Gasteiger partial charge < -0.3 is 4.74 Å². The highest BCUT2D eigenvalue weighted by molar-refractivity contribution is 8.26. The van der Waals surface area contributed by atoms with Crippen molar-refractivity contribution in [3.63, 3.8) is 0 Å². The van der Waals surface area contributed by atoms with Gasteiger partial charge in [0.15, 0.2) is 0 Å². The number of methoxy groups -OCH3 is 1. The average Bonchev–Trinajstić information content (AvgIpc) is 2.65. The molecular weight excluding hydrogens is 278 g/mol. The van der Waals surface area contributed by atoms with E-state index in [1.165, 1.54) is 17.3 Å². The minimum atomic E-state index is -0.0346. The fraction of sp³-hybridized carbons (Fsp3) is 0.286. The van der Waals surface area contributed by atoms with Gasteiger partial charge in [-0.15, -0.1) is 0 Å². The van der Waals surface area contributed by atoms with E-state index >= 15 is 0 Å². The summed E-state index contributed by atoms with van der Waals surface area (Å²) < 4.78 is 5.58. The number of rotatable bonds is 4. The van der Waals surface area contributed by atoms with Gasteiger partial charge in [-0.1, -0.05) is 53.8 Å². The minimum absolute atomic E-state index is 0.0346. The molecule has 0 aliphatic carbocycles. The Morgan fingerprint density at radius 1 is 1.37 bits per heavy atom. The molecule has 0 spiro atoms. The predicted molar refractivity (Wildman–Crippen MR) is 82.9 cm³/mol. The molecular formula is C14H15NO2S2. The molecule has 0 aromatic heterocycles. The quantitative estimate of drug-likeness (QED) is 0.631. The van der Waals surface area contributed by atoms with Crippen LogP contribution in [-0.4, -0.2) is 35.4 Å². The number of aryl methyl sites for hydroxylation is 1. The van der Waals surface area contributed by atoms with Gasteiger partial charge in [0.1, 0.15) is 4.32 Å². The van der Waals surface area contributed by atoms with Crippen LogP contribution < -0.4 is 0 Å². The lowest BCUT2D eigenvalue weighted by Gasteiger charge is -2.12. The van der Waals surface area contributed by atoms with Gasteiger partial charge in [-0.05, 0) is 18.6 Å². The second-order valence-corrected chi connectivity index (χ2v) is 5.91. The monoisotopic (exact) mass is 293 g/mol. The van der Waals surface area contributed by atoms with Crippen LogP contribution in [0.5, 0.6) is 0 Å². The summed E-state index contributed by atoms with van der Waals surface area (Å²) in [5, 5.41) is 0. The zero-order chi connectivity index (χ0) is 13.8. The van der Waals surface area contributed by atoms with Crippen LogP contribution in [0.1, 0.15) is 11.1 Å². The number of benzene rings is 1. The summed E-state index contributed by atoms with van der Waals surface area (Å²) in [6.45, 7) is 3.03. The maximum atomic E-state index is 12.2. The molecule has 1 amide bonds. The molecule has 0 bridgehead atoms. The summed E-state index contributed by atoms with van der Waals surface area (Å²) in [7, 11) is 1.61. The Bertz CT molecular complexity index is 523. The summed E-state index contributed by atoms with van der Waals surface area (Å²) in [5.74, 6) is -0.0346. The van der Waals surface area contributed by atoms with Crippen molar-refractivity contribution in [1.29, 1.82) is 0 Å². The van der Waals surface area contributed by atoms with Crippen LogP contribution in [0.2, 0.25) is 0 Å². The highest BCUT2D eigenvalue weighted by Gasteiger charge is 2.31. The van der Waals surface area contributed by atoms with E-state index < -0.39 is 0 Å². The Morgan fingerprint density at radius 3 is 2.68 bits per heavy atom. The van der Waals surface area contributed by atoms with Crippen molar-refractivity contribution in [1.82, 2.24) is 4.90 Å². The highest BCUT2D eigenvalue weighted by Crippen LogP contribution is 2.32. The number of amides is 1. The van der Waals surface area contributed by atoms with Gasteiger partial charge in [-0.2, -0.15) is 0 Å². The molecule has 0 atom stereocenters. The predicted octanol–water partition coefficient (Wildman–Crippen LogP) is 2.84. The lowest BCUT2D eigenvalue weighted by molar-refractivity contribution is -0.122. The van der Waals surface area contributed by atoms with Crippen molar-refractivity contribution in [3.05, 3.63) is 40.3 Å². The standard InChI is InChI=1S/C14H15NO2S2/c1-10-3-5-11(6-4-10)9-12-13(16)15(7-8-17-2)14(18)19-12/h3-6,9H,7-8H2,1-2H3/b12-9+. The minimum Gasteiger partial charge on any atom is -0.383 e. The molecule has 1 fully saturated rings. The van der Waals surface area contributed by atoms with Crippen molar-refractivity contribution in [3.8, 4) is 0 Å². The van der Waals surface area contributed by atoms with Crippen LogP contribution >= 0.6 is 24.0 Å². The van der Waals surface area contributed by atoms with E-state index in [1.807, 2.05) is 37.3 Å². The first kappa shape index (κ1) is 14.2. The van der Waals surface area contributed by atoms with E-state index in [9.17, 15) is 4.79 Å². The Balaban J connectivity index is 2.16. The van der Waals surface area contributed by atoms with Gasteiger partial charge in [0, 0.05) is 7.11 Å². The Morgan fingerprint density at radius 2 is 2.05 bits per heavy atom. The molecule has 1 aromatic carbocycles. The van der Waals surface area contributed by atoms with Crippen molar-refractivity contribution >= 4 is 40.3 Å². The zero-order valence-electron chi connectivity index (χ0n) is 10.9. The summed E-state index contributed by atoms with van der Waals surface area (Å²) >= 11 is 6.56. The van der Waals surface area contributed by atoms with Gasteiger partial charge in [-0.25, -0.2) is 0 Å². The molecule has 0 radical (unpaired) electrons. The molecule has 0 saturated carbocycles. The largest absolute Gasteiger partial charge is 0.383 e. The highest BCUT2D eigenvalue weighted by atomic mass is 32.2. The molecule has 1 aliphatic rings. The third-order valence-corrected chi connectivity index (χ3v) is 4.15. The number of nitrogens with zero attached hydrogens (tertiary/aromatic N) is 1. The van der Waals surface area contributed by atoms with E-state index in [4.69, 9.17) is 17.0 Å². The number of ether oxygens (including phenoxy) is 1. The number of hydrogen-bond donors (Lipinski definition) is 0. The van der Waals surface area contributed by atoms with E-state index in [2.05, 4.69) is 0 Å². The van der Waals surface area contributed by atoms with Crippen LogP contribution in [0, 0.1) is 6.92 Å². The fourth-order valence-corrected chi connectivity index (χ4v) is 3.00. The molecule has 0 N–H and O–H groups in total. The summed E-state index contributed by atoms with van der Waals surface area (Å²) in [4.78, 5) is 14.4. The van der Waals surface area contributed by atoms with Crippen LogP contribution in [0.25, 0.3) is 6.08 Å². The van der Waals surface area contributed by atoms with E-state index in [0.717, 1.165) is 5.56 Å². The molecule has 1 aromatic rings. The SMILES string of the molecule is COCCN1C(=O)/C(=C\c2ccc(C)cc2)SC1=S. The smallest absolute Gasteiger partial charge is 0.266 e. The third kappa shape index (κ3) is 3.43. The first-order valence-corrected chi connectivity index (χ1v) is 7.15. The molecule has 1 heterocycles. The molecule has 19 heavy (non-hydrogen) atoms. The maximum Gasteiger partial charge on any atom is 0.266 e. The average molecular weight is 293 g/mol. The van der Waals surface area contributed by atoms with E-state index in [1.54, 1.807) is 12.0 Å². The van der Waals surface area contributed by atoms with Crippen LogP contribution in [0.3, 0.4) is 0 Å². The first-order valence-electron chi connectivity index (χ1n) is 5.93. The van der Waals surface area contributed by atoms with Crippen molar-refractivity contribution in [2.75, 3.05) is 20.3 Å². The van der Waals surface area contributed by atoms with E-state index in [-0.39, 0.29) is 5.91 Å². The summed E-state index contributed by atoms with van der Waals surface area (Å²) in [6, 6.07) is 8.04. The molecule has 0 unspecified atom stereocenters. The zero-order valence-corrected chi connectivity index (χ0v) is 12.5. The van der Waals surface area contributed by atoms with Crippen molar-refractivity contribution in [2.45, 2.75) is 6.92 Å². The van der Waals surface area contributed by atoms with Crippen LogP contribution in [-0.2, 0) is 9.53 Å². The Hall–Kier alpha value is -1.17. The first-order chi connectivity index (χ1) is 9.11. The molecule has 3 nitrogen and oxygen atoms in total. The van der Waals surface area contributed by atoms with Gasteiger partial charge in [0.2, 0.25) is 0 Å².